The van der Waals surface area contributed by atoms with Gasteiger partial charge in [0.05, 0.1) is 13.2 Å². The van der Waals surface area contributed by atoms with Crippen LogP contribution in [0.3, 0.4) is 0 Å². The zero-order valence-electron chi connectivity index (χ0n) is 24.2. The second-order valence-corrected chi connectivity index (χ2v) is 16.0. The van der Waals surface area contributed by atoms with Crippen LogP contribution < -0.4 is 10.4 Å². The van der Waals surface area contributed by atoms with Gasteiger partial charge in [0, 0.05) is 12.2 Å². The van der Waals surface area contributed by atoms with Crippen LogP contribution >= 0.6 is 0 Å². The van der Waals surface area contributed by atoms with Gasteiger partial charge in [-0.2, -0.15) is 0 Å². The standard InChI is InChI=1S/C32H46O5Si/c1-25(17-11-8-16-22-28-29(23-24-30(33)34-7)36-32(5,6)35-28)37-38(31(2,3)4,26-18-12-9-13-19-26)27-20-14-10-15-21-27/h9-10,12-15,18-21,23-25,28-29H,8,11,16-17,22H2,1-7H3/b24-23-/t25-,28+,29+/m1/s1. The molecule has 1 aliphatic rings. The maximum Gasteiger partial charge on any atom is 0.330 e. The lowest BCUT2D eigenvalue weighted by atomic mass is 10.0. The number of methoxy groups -OCH3 is 1. The largest absolute Gasteiger partial charge is 0.466 e. The third-order valence-electron chi connectivity index (χ3n) is 7.24. The molecule has 1 heterocycles. The van der Waals surface area contributed by atoms with Gasteiger partial charge >= 0.3 is 5.97 Å². The van der Waals surface area contributed by atoms with E-state index in [0.717, 1.165) is 32.1 Å². The minimum absolute atomic E-state index is 0.0245. The number of esters is 1. The van der Waals surface area contributed by atoms with Crippen molar-refractivity contribution in [2.24, 2.45) is 0 Å². The maximum absolute atomic E-state index is 11.5. The van der Waals surface area contributed by atoms with E-state index in [2.05, 4.69) is 88.4 Å². The third kappa shape index (κ3) is 7.66. The van der Waals surface area contributed by atoms with Gasteiger partial charge in [-0.25, -0.2) is 4.79 Å². The number of hydrogen-bond donors (Lipinski definition) is 0. The van der Waals surface area contributed by atoms with Crippen molar-refractivity contribution in [3.8, 4) is 0 Å². The fraction of sp³-hybridized carbons (Fsp3) is 0.531. The summed E-state index contributed by atoms with van der Waals surface area (Å²) in [4.78, 5) is 11.5. The van der Waals surface area contributed by atoms with E-state index in [-0.39, 0.29) is 29.3 Å². The fourth-order valence-corrected chi connectivity index (χ4v) is 10.2. The van der Waals surface area contributed by atoms with E-state index in [0.29, 0.717) is 0 Å². The molecule has 0 radical (unpaired) electrons. The quantitative estimate of drug-likeness (QED) is 0.140. The third-order valence-corrected chi connectivity index (χ3v) is 12.4. The van der Waals surface area contributed by atoms with E-state index in [1.165, 1.54) is 23.6 Å². The van der Waals surface area contributed by atoms with Gasteiger partial charge in [-0.05, 0) is 55.1 Å². The summed E-state index contributed by atoms with van der Waals surface area (Å²) in [6.07, 6.45) is 8.07. The number of benzene rings is 2. The van der Waals surface area contributed by atoms with Crippen molar-refractivity contribution in [1.29, 1.82) is 0 Å². The molecule has 38 heavy (non-hydrogen) atoms. The zero-order valence-corrected chi connectivity index (χ0v) is 25.2. The van der Waals surface area contributed by atoms with Crippen LogP contribution in [0.15, 0.2) is 72.8 Å². The van der Waals surface area contributed by atoms with Crippen LogP contribution in [0.1, 0.15) is 73.6 Å². The smallest absolute Gasteiger partial charge is 0.330 e. The fourth-order valence-electron chi connectivity index (χ4n) is 5.50. The highest BCUT2D eigenvalue weighted by Crippen LogP contribution is 2.38. The van der Waals surface area contributed by atoms with Crippen molar-refractivity contribution in [3.05, 3.63) is 72.8 Å². The summed E-state index contributed by atoms with van der Waals surface area (Å²) in [5, 5.41) is 2.61. The highest BCUT2D eigenvalue weighted by molar-refractivity contribution is 6.99. The molecule has 208 valence electrons. The predicted molar refractivity (Wildman–Crippen MR) is 156 cm³/mol. The lowest BCUT2D eigenvalue weighted by Gasteiger charge is -2.44. The molecule has 3 rings (SSSR count). The molecule has 0 N–H and O–H groups in total. The van der Waals surface area contributed by atoms with Crippen molar-refractivity contribution in [3.63, 3.8) is 0 Å². The Morgan fingerprint density at radius 3 is 2.08 bits per heavy atom. The van der Waals surface area contributed by atoms with Crippen molar-refractivity contribution >= 4 is 24.7 Å². The van der Waals surface area contributed by atoms with Crippen LogP contribution in [-0.4, -0.2) is 45.5 Å². The Bertz CT molecular complexity index is 989. The average Bonchev–Trinajstić information content (AvgIpc) is 3.18. The summed E-state index contributed by atoms with van der Waals surface area (Å²) < 4.78 is 24.0. The van der Waals surface area contributed by atoms with Crippen LogP contribution in [0.2, 0.25) is 5.04 Å². The zero-order chi connectivity index (χ0) is 27.8. The Kier molecular flexibility index (Phi) is 10.5. The summed E-state index contributed by atoms with van der Waals surface area (Å²) >= 11 is 0. The number of carbonyl (C=O) groups excluding carboxylic acids is 1. The van der Waals surface area contributed by atoms with E-state index in [1.807, 2.05) is 13.8 Å². The minimum atomic E-state index is -2.53. The Labute approximate surface area is 230 Å². The van der Waals surface area contributed by atoms with Gasteiger partial charge in [-0.3, -0.25) is 0 Å². The first-order valence-corrected chi connectivity index (χ1v) is 15.8. The number of carbonyl (C=O) groups is 1. The van der Waals surface area contributed by atoms with E-state index < -0.39 is 14.1 Å². The van der Waals surface area contributed by atoms with Crippen LogP contribution in [0.5, 0.6) is 0 Å². The molecule has 0 saturated carbocycles. The molecule has 2 aromatic rings. The summed E-state index contributed by atoms with van der Waals surface area (Å²) in [6.45, 7) is 13.0. The highest BCUT2D eigenvalue weighted by Gasteiger charge is 2.50. The average molecular weight is 539 g/mol. The molecule has 1 fully saturated rings. The van der Waals surface area contributed by atoms with Crippen LogP contribution in [0.25, 0.3) is 0 Å². The van der Waals surface area contributed by atoms with E-state index in [1.54, 1.807) is 6.08 Å². The highest BCUT2D eigenvalue weighted by atomic mass is 28.4. The lowest BCUT2D eigenvalue weighted by molar-refractivity contribution is -0.144. The van der Waals surface area contributed by atoms with Gasteiger partial charge < -0.3 is 18.6 Å². The summed E-state index contributed by atoms with van der Waals surface area (Å²) in [6, 6.07) is 21.6. The molecule has 0 unspecified atom stereocenters. The maximum atomic E-state index is 11.5. The van der Waals surface area contributed by atoms with Gasteiger partial charge in [0.1, 0.15) is 6.10 Å². The molecule has 0 bridgehead atoms. The molecule has 3 atom stereocenters. The van der Waals surface area contributed by atoms with Crippen LogP contribution in [0.4, 0.5) is 0 Å². The number of unbranched alkanes of at least 4 members (excludes halogenated alkanes) is 2. The van der Waals surface area contributed by atoms with Crippen LogP contribution in [-0.2, 0) is 23.4 Å². The van der Waals surface area contributed by atoms with Crippen molar-refractivity contribution in [2.75, 3.05) is 7.11 Å². The summed E-state index contributed by atoms with van der Waals surface area (Å²) in [5.41, 5.74) is 0. The van der Waals surface area contributed by atoms with Crippen LogP contribution in [0, 0.1) is 0 Å². The molecular weight excluding hydrogens is 492 g/mol. The molecule has 1 saturated heterocycles. The normalized spacial score (nSPS) is 20.5. The van der Waals surface area contributed by atoms with Crippen molar-refractivity contribution < 1.29 is 23.4 Å². The molecule has 5 nitrogen and oxygen atoms in total. The van der Waals surface area contributed by atoms with Gasteiger partial charge in [0.15, 0.2) is 5.79 Å². The number of hydrogen-bond acceptors (Lipinski definition) is 5. The van der Waals surface area contributed by atoms with Gasteiger partial charge in [0.25, 0.3) is 8.32 Å². The molecule has 0 aliphatic carbocycles. The second kappa shape index (κ2) is 13.2. The molecule has 6 heteroatoms. The molecule has 0 aromatic heterocycles. The van der Waals surface area contributed by atoms with Gasteiger partial charge in [-0.15, -0.1) is 0 Å². The van der Waals surface area contributed by atoms with E-state index >= 15 is 0 Å². The summed E-state index contributed by atoms with van der Waals surface area (Å²) in [7, 11) is -1.16. The van der Waals surface area contributed by atoms with E-state index in [9.17, 15) is 4.79 Å². The monoisotopic (exact) mass is 538 g/mol. The Hall–Kier alpha value is -2.25. The lowest BCUT2D eigenvalue weighted by Crippen LogP contribution is -2.67. The number of rotatable bonds is 12. The molecular formula is C32H46O5Si. The predicted octanol–water partition coefficient (Wildman–Crippen LogP) is 6.15. The molecule has 0 amide bonds. The summed E-state index contributed by atoms with van der Waals surface area (Å²) in [5.74, 6) is -1.04. The minimum Gasteiger partial charge on any atom is -0.466 e. The van der Waals surface area contributed by atoms with E-state index in [4.69, 9.17) is 18.6 Å². The van der Waals surface area contributed by atoms with Gasteiger partial charge in [0.2, 0.25) is 0 Å². The number of ether oxygens (including phenoxy) is 3. The first kappa shape index (κ1) is 30.3. The first-order chi connectivity index (χ1) is 18.0. The van der Waals surface area contributed by atoms with Gasteiger partial charge in [-0.1, -0.05) is 101 Å². The Morgan fingerprint density at radius 2 is 1.55 bits per heavy atom. The Morgan fingerprint density at radius 1 is 0.974 bits per heavy atom. The molecule has 1 aliphatic heterocycles. The molecule has 2 aromatic carbocycles. The van der Waals surface area contributed by atoms with Crippen molar-refractivity contribution in [1.82, 2.24) is 0 Å². The molecule has 0 spiro atoms. The topological polar surface area (TPSA) is 54.0 Å². The van der Waals surface area contributed by atoms with Crippen molar-refractivity contribution in [2.45, 2.75) is 103 Å². The Balaban J connectivity index is 1.61. The SMILES string of the molecule is COC(=O)/C=C\[C@@H]1OC(C)(C)O[C@H]1CCCCC[C@@H](C)O[Si](c1ccccc1)(c1ccccc1)C(C)(C)C. The first-order valence-electron chi connectivity index (χ1n) is 13.9. The second-order valence-electron chi connectivity index (χ2n) is 11.8.